The predicted molar refractivity (Wildman–Crippen MR) is 175 cm³/mol. The summed E-state index contributed by atoms with van der Waals surface area (Å²) in [5.41, 5.74) is 1.54. The van der Waals surface area contributed by atoms with Crippen LogP contribution in [0.1, 0.15) is 91.4 Å². The molecule has 3 rings (SSSR count). The van der Waals surface area contributed by atoms with Crippen LogP contribution in [0.15, 0.2) is 58.7 Å². The summed E-state index contributed by atoms with van der Waals surface area (Å²) >= 11 is 0. The van der Waals surface area contributed by atoms with Gasteiger partial charge in [0, 0.05) is 29.4 Å². The molecule has 2 bridgehead atoms. The summed E-state index contributed by atoms with van der Waals surface area (Å²) in [5, 5.41) is 52.3. The number of fused-ring (bicyclic) bond motifs is 1. The Bertz CT molecular complexity index is 1110. The van der Waals surface area contributed by atoms with Gasteiger partial charge in [-0.2, -0.15) is 0 Å². The highest BCUT2D eigenvalue weighted by Gasteiger charge is 2.76. The minimum atomic E-state index is -1.15. The molecule has 3 saturated carbocycles. The number of likely N-dealkylation sites (N-methyl/N-ethyl adjacent to an activating group) is 1. The van der Waals surface area contributed by atoms with Gasteiger partial charge in [-0.15, -0.1) is 0 Å². The van der Waals surface area contributed by atoms with Crippen LogP contribution in [-0.4, -0.2) is 78.3 Å². The SMILES string of the molecule is C=C(C=CC=C(CO)C12CCC3(CCCO)C(=C(C)C=O)CCC(O)(CCNC)C3(CC1)C2O)CCC=C(C)CNCC. The van der Waals surface area contributed by atoms with Gasteiger partial charge in [-0.1, -0.05) is 54.5 Å². The Morgan fingerprint density at radius 2 is 1.86 bits per heavy atom. The number of carbonyl (C=O) groups excluding carboxylic acids is 1. The minimum Gasteiger partial charge on any atom is -0.396 e. The van der Waals surface area contributed by atoms with Crippen molar-refractivity contribution in [1.29, 1.82) is 0 Å². The van der Waals surface area contributed by atoms with E-state index in [4.69, 9.17) is 0 Å². The molecule has 5 atom stereocenters. The predicted octanol–water partition coefficient (Wildman–Crippen LogP) is 4.68. The highest BCUT2D eigenvalue weighted by atomic mass is 16.3. The summed E-state index contributed by atoms with van der Waals surface area (Å²) in [5.74, 6) is 0. The standard InChI is InChI=1S/C36H58N2O5/c1-6-38-24-28(3)12-7-10-27(2)11-8-13-30(26-41)33-17-19-34(15-9-23-39)31(29(4)25-40)14-16-35(43,21-22-37-5)36(34,20-18-33)32(33)42/h8,11-13,25,32,37-39,41-43H,2,6-7,9-10,14-24,26H2,1,3-5H3. The van der Waals surface area contributed by atoms with E-state index >= 15 is 0 Å². The second-order valence-corrected chi connectivity index (χ2v) is 13.3. The van der Waals surface area contributed by atoms with Gasteiger partial charge < -0.3 is 31.1 Å². The number of hydrogen-bond acceptors (Lipinski definition) is 7. The van der Waals surface area contributed by atoms with E-state index in [9.17, 15) is 25.2 Å². The third-order valence-corrected chi connectivity index (χ3v) is 11.3. The summed E-state index contributed by atoms with van der Waals surface area (Å²) in [7, 11) is 1.87. The van der Waals surface area contributed by atoms with Crippen LogP contribution in [-0.2, 0) is 4.79 Å². The van der Waals surface area contributed by atoms with Gasteiger partial charge in [0.15, 0.2) is 0 Å². The van der Waals surface area contributed by atoms with E-state index in [1.165, 1.54) is 5.57 Å². The molecule has 0 heterocycles. The van der Waals surface area contributed by atoms with E-state index in [0.717, 1.165) is 48.9 Å². The van der Waals surface area contributed by atoms with Crippen LogP contribution in [0.2, 0.25) is 0 Å². The number of allylic oxidation sites excluding steroid dienone is 7. The number of carbonyl (C=O) groups is 1. The molecule has 6 N–H and O–H groups in total. The first-order valence-corrected chi connectivity index (χ1v) is 16.4. The number of rotatable bonds is 17. The molecule has 0 saturated heterocycles. The first-order valence-electron chi connectivity index (χ1n) is 16.4. The van der Waals surface area contributed by atoms with Gasteiger partial charge in [0.05, 0.1) is 18.3 Å². The summed E-state index contributed by atoms with van der Waals surface area (Å²) in [6.07, 6.45) is 15.2. The molecule has 0 radical (unpaired) electrons. The molecular formula is C36H58N2O5. The summed E-state index contributed by atoms with van der Waals surface area (Å²) in [6.45, 7) is 12.6. The molecule has 0 amide bonds. The van der Waals surface area contributed by atoms with Crippen molar-refractivity contribution in [2.75, 3.05) is 39.9 Å². The van der Waals surface area contributed by atoms with Gasteiger partial charge >= 0.3 is 0 Å². The maximum absolute atomic E-state index is 12.6. The maximum Gasteiger partial charge on any atom is 0.145 e. The molecule has 0 aromatic carbocycles. The second-order valence-electron chi connectivity index (χ2n) is 13.3. The Balaban J connectivity index is 1.98. The third-order valence-electron chi connectivity index (χ3n) is 11.3. The lowest BCUT2D eigenvalue weighted by Crippen LogP contribution is -2.69. The molecule has 7 heteroatoms. The van der Waals surface area contributed by atoms with Crippen molar-refractivity contribution in [3.63, 3.8) is 0 Å². The van der Waals surface area contributed by atoms with Crippen molar-refractivity contribution < 1.29 is 25.2 Å². The van der Waals surface area contributed by atoms with Crippen LogP contribution in [0.3, 0.4) is 0 Å². The Kier molecular flexibility index (Phi) is 12.8. The van der Waals surface area contributed by atoms with Crippen molar-refractivity contribution in [3.05, 3.63) is 58.7 Å². The maximum atomic E-state index is 12.6. The van der Waals surface area contributed by atoms with Gasteiger partial charge in [-0.25, -0.2) is 0 Å². The molecule has 3 aliphatic rings. The molecule has 43 heavy (non-hydrogen) atoms. The molecule has 5 unspecified atom stereocenters. The molecule has 3 fully saturated rings. The van der Waals surface area contributed by atoms with Crippen LogP contribution >= 0.6 is 0 Å². The van der Waals surface area contributed by atoms with Crippen molar-refractivity contribution >= 4 is 6.29 Å². The lowest BCUT2D eigenvalue weighted by Gasteiger charge is -2.67. The fraction of sp³-hybridized carbons (Fsp3) is 0.694. The smallest absolute Gasteiger partial charge is 0.145 e. The van der Waals surface area contributed by atoms with Crippen LogP contribution in [0.5, 0.6) is 0 Å². The lowest BCUT2D eigenvalue weighted by atomic mass is 9.39. The van der Waals surface area contributed by atoms with Crippen LogP contribution < -0.4 is 10.6 Å². The first-order chi connectivity index (χ1) is 20.6. The van der Waals surface area contributed by atoms with Crippen LogP contribution in [0.25, 0.3) is 0 Å². The zero-order chi connectivity index (χ0) is 31.7. The molecule has 0 aromatic heterocycles. The molecule has 242 valence electrons. The van der Waals surface area contributed by atoms with Gasteiger partial charge in [-0.3, -0.25) is 4.79 Å². The zero-order valence-electron chi connectivity index (χ0n) is 27.2. The second kappa shape index (κ2) is 15.4. The Morgan fingerprint density at radius 3 is 2.51 bits per heavy atom. The van der Waals surface area contributed by atoms with Gasteiger partial charge in [0.25, 0.3) is 0 Å². The van der Waals surface area contributed by atoms with E-state index < -0.39 is 27.9 Å². The average molecular weight is 599 g/mol. The van der Waals surface area contributed by atoms with Gasteiger partial charge in [-0.05, 0) is 116 Å². The molecule has 7 nitrogen and oxygen atoms in total. The Labute approximate surface area is 259 Å². The fourth-order valence-electron chi connectivity index (χ4n) is 9.09. The summed E-state index contributed by atoms with van der Waals surface area (Å²) < 4.78 is 0. The normalized spacial score (nSPS) is 34.0. The topological polar surface area (TPSA) is 122 Å². The lowest BCUT2D eigenvalue weighted by molar-refractivity contribution is -0.240. The average Bonchev–Trinajstić information content (AvgIpc) is 3.20. The quantitative estimate of drug-likeness (QED) is 0.0622. The van der Waals surface area contributed by atoms with Gasteiger partial charge in [0.1, 0.15) is 6.29 Å². The highest BCUT2D eigenvalue weighted by molar-refractivity contribution is 5.74. The zero-order valence-corrected chi connectivity index (χ0v) is 27.2. The Morgan fingerprint density at radius 1 is 1.12 bits per heavy atom. The van der Waals surface area contributed by atoms with E-state index in [-0.39, 0.29) is 13.2 Å². The van der Waals surface area contributed by atoms with Crippen molar-refractivity contribution in [2.45, 2.75) is 103 Å². The molecular weight excluding hydrogens is 540 g/mol. The number of aliphatic hydroxyl groups excluding tert-OH is 3. The molecule has 0 aliphatic heterocycles. The minimum absolute atomic E-state index is 0.0168. The number of nitrogens with one attached hydrogen (secondary N) is 2. The van der Waals surface area contributed by atoms with Crippen LogP contribution in [0.4, 0.5) is 0 Å². The summed E-state index contributed by atoms with van der Waals surface area (Å²) in [6, 6.07) is 0. The Hall–Kier alpha value is -1.87. The first kappa shape index (κ1) is 35.6. The van der Waals surface area contributed by atoms with E-state index in [2.05, 4.69) is 37.1 Å². The molecule has 1 spiro atoms. The van der Waals surface area contributed by atoms with Crippen LogP contribution in [0, 0.1) is 16.2 Å². The largest absolute Gasteiger partial charge is 0.396 e. The third kappa shape index (κ3) is 6.58. The fourth-order valence-corrected chi connectivity index (χ4v) is 9.09. The monoisotopic (exact) mass is 598 g/mol. The number of aldehydes is 1. The number of aliphatic hydroxyl groups is 4. The molecule has 3 aliphatic carbocycles. The van der Waals surface area contributed by atoms with Crippen molar-refractivity contribution in [3.8, 4) is 0 Å². The molecule has 0 aromatic rings. The van der Waals surface area contributed by atoms with E-state index in [1.807, 2.05) is 32.2 Å². The number of hydrogen-bond donors (Lipinski definition) is 6. The van der Waals surface area contributed by atoms with Crippen molar-refractivity contribution in [1.82, 2.24) is 10.6 Å². The summed E-state index contributed by atoms with van der Waals surface area (Å²) in [4.78, 5) is 12.1. The van der Waals surface area contributed by atoms with E-state index in [0.29, 0.717) is 69.9 Å². The van der Waals surface area contributed by atoms with Crippen molar-refractivity contribution in [2.24, 2.45) is 16.2 Å². The highest BCUT2D eigenvalue weighted by Crippen LogP contribution is 2.77. The van der Waals surface area contributed by atoms with E-state index in [1.54, 1.807) is 0 Å². The van der Waals surface area contributed by atoms with Gasteiger partial charge in [0.2, 0.25) is 0 Å².